The summed E-state index contributed by atoms with van der Waals surface area (Å²) in [5.74, 6) is 0. The zero-order chi connectivity index (χ0) is 5.98. The number of aromatic nitrogens is 1. The molecule has 1 nitrogen and oxygen atoms in total. The highest BCUT2D eigenvalue weighted by Crippen LogP contribution is 2.04. The zero-order valence-corrected chi connectivity index (χ0v) is 5.10. The summed E-state index contributed by atoms with van der Waals surface area (Å²) >= 11 is 5.51. The number of rotatable bonds is 1. The van der Waals surface area contributed by atoms with Gasteiger partial charge < -0.3 is 4.57 Å². The Bertz CT molecular complexity index is 176. The Balaban J connectivity index is 2.93. The van der Waals surface area contributed by atoms with Crippen LogP contribution < -0.4 is 0 Å². The van der Waals surface area contributed by atoms with E-state index in [4.69, 9.17) is 11.6 Å². The summed E-state index contributed by atoms with van der Waals surface area (Å²) in [5, 5.41) is 0.523. The van der Waals surface area contributed by atoms with E-state index >= 15 is 0 Å². The SMILES string of the molecule is C=C(Cl)n1cccc1. The first kappa shape index (κ1) is 5.45. The van der Waals surface area contributed by atoms with Gasteiger partial charge in [0.2, 0.25) is 0 Å². The summed E-state index contributed by atoms with van der Waals surface area (Å²) < 4.78 is 1.74. The minimum Gasteiger partial charge on any atom is -0.315 e. The van der Waals surface area contributed by atoms with Crippen LogP contribution in [0.2, 0.25) is 0 Å². The standard InChI is InChI=1S/C6H6ClN/c1-6(7)8-4-2-3-5-8/h2-5H,1H2. The molecule has 0 N–H and O–H groups in total. The van der Waals surface area contributed by atoms with E-state index in [2.05, 4.69) is 6.58 Å². The molecule has 1 heterocycles. The third-order valence-corrected chi connectivity index (χ3v) is 1.08. The summed E-state index contributed by atoms with van der Waals surface area (Å²) in [6.07, 6.45) is 3.69. The van der Waals surface area contributed by atoms with E-state index in [1.807, 2.05) is 24.5 Å². The van der Waals surface area contributed by atoms with Crippen LogP contribution >= 0.6 is 11.6 Å². The van der Waals surface area contributed by atoms with E-state index in [1.165, 1.54) is 0 Å². The van der Waals surface area contributed by atoms with E-state index < -0.39 is 0 Å². The number of hydrogen-bond donors (Lipinski definition) is 0. The Morgan fingerprint density at radius 2 is 1.88 bits per heavy atom. The lowest BCUT2D eigenvalue weighted by atomic mass is 10.7. The molecule has 1 aromatic heterocycles. The second-order valence-electron chi connectivity index (χ2n) is 1.47. The molecule has 2 heteroatoms. The van der Waals surface area contributed by atoms with Gasteiger partial charge in [-0.05, 0) is 12.1 Å². The van der Waals surface area contributed by atoms with Crippen LogP contribution in [0, 0.1) is 0 Å². The lowest BCUT2D eigenvalue weighted by molar-refractivity contribution is 1.16. The molecule has 0 radical (unpaired) electrons. The summed E-state index contributed by atoms with van der Waals surface area (Å²) in [6.45, 7) is 3.53. The summed E-state index contributed by atoms with van der Waals surface area (Å²) in [7, 11) is 0. The molecule has 0 aromatic carbocycles. The van der Waals surface area contributed by atoms with Crippen LogP contribution in [0.25, 0.3) is 5.16 Å². The van der Waals surface area contributed by atoms with Gasteiger partial charge in [-0.2, -0.15) is 0 Å². The van der Waals surface area contributed by atoms with E-state index in [0.717, 1.165) is 0 Å². The minimum atomic E-state index is 0.523. The fourth-order valence-electron chi connectivity index (χ4n) is 0.496. The Labute approximate surface area is 53.2 Å². The first-order chi connectivity index (χ1) is 3.80. The van der Waals surface area contributed by atoms with Gasteiger partial charge in [0.05, 0.1) is 0 Å². The molecule has 0 amide bonds. The van der Waals surface area contributed by atoms with Crippen molar-refractivity contribution in [3.05, 3.63) is 31.1 Å². The largest absolute Gasteiger partial charge is 0.315 e. The van der Waals surface area contributed by atoms with Gasteiger partial charge >= 0.3 is 0 Å². The van der Waals surface area contributed by atoms with Crippen molar-refractivity contribution in [2.24, 2.45) is 0 Å². The summed E-state index contributed by atoms with van der Waals surface area (Å²) in [4.78, 5) is 0. The molecule has 0 atom stereocenters. The molecule has 0 aliphatic heterocycles. The van der Waals surface area contributed by atoms with Gasteiger partial charge in [-0.25, -0.2) is 0 Å². The van der Waals surface area contributed by atoms with Crippen molar-refractivity contribution < 1.29 is 0 Å². The van der Waals surface area contributed by atoms with Gasteiger partial charge in [0.15, 0.2) is 0 Å². The average molecular weight is 128 g/mol. The van der Waals surface area contributed by atoms with Crippen LogP contribution in [-0.2, 0) is 0 Å². The lowest BCUT2D eigenvalue weighted by Crippen LogP contribution is -1.80. The van der Waals surface area contributed by atoms with Crippen LogP contribution in [0.4, 0.5) is 0 Å². The molecule has 0 unspecified atom stereocenters. The van der Waals surface area contributed by atoms with Gasteiger partial charge in [-0.1, -0.05) is 18.2 Å². The third-order valence-electron chi connectivity index (χ3n) is 0.885. The molecular formula is C6H6ClN. The quantitative estimate of drug-likeness (QED) is 0.545. The van der Waals surface area contributed by atoms with Crippen LogP contribution in [0.3, 0.4) is 0 Å². The van der Waals surface area contributed by atoms with Gasteiger partial charge in [-0.15, -0.1) is 0 Å². The molecule has 0 bridgehead atoms. The van der Waals surface area contributed by atoms with Gasteiger partial charge in [-0.3, -0.25) is 0 Å². The van der Waals surface area contributed by atoms with Crippen molar-refractivity contribution in [1.29, 1.82) is 0 Å². The van der Waals surface area contributed by atoms with Crippen LogP contribution in [0.5, 0.6) is 0 Å². The van der Waals surface area contributed by atoms with Crippen molar-refractivity contribution >= 4 is 16.8 Å². The molecule has 0 fully saturated rings. The zero-order valence-electron chi connectivity index (χ0n) is 4.34. The monoisotopic (exact) mass is 127 g/mol. The first-order valence-corrected chi connectivity index (χ1v) is 2.66. The fourth-order valence-corrected chi connectivity index (χ4v) is 0.609. The van der Waals surface area contributed by atoms with E-state index in [1.54, 1.807) is 4.57 Å². The smallest absolute Gasteiger partial charge is 0.105 e. The van der Waals surface area contributed by atoms with Crippen LogP contribution in [0.15, 0.2) is 31.1 Å². The van der Waals surface area contributed by atoms with Crippen LogP contribution in [-0.4, -0.2) is 4.57 Å². The molecule has 0 spiro atoms. The van der Waals surface area contributed by atoms with Crippen LogP contribution in [0.1, 0.15) is 0 Å². The normalized spacial score (nSPS) is 9.12. The van der Waals surface area contributed by atoms with Gasteiger partial charge in [0, 0.05) is 12.4 Å². The first-order valence-electron chi connectivity index (χ1n) is 2.28. The van der Waals surface area contributed by atoms with Crippen molar-refractivity contribution in [2.75, 3.05) is 0 Å². The molecule has 42 valence electrons. The molecule has 1 aromatic rings. The van der Waals surface area contributed by atoms with Gasteiger partial charge in [0.1, 0.15) is 5.16 Å². The van der Waals surface area contributed by atoms with Crippen molar-refractivity contribution in [3.8, 4) is 0 Å². The second kappa shape index (κ2) is 2.05. The average Bonchev–Trinajstić information content (AvgIpc) is 2.12. The maximum Gasteiger partial charge on any atom is 0.105 e. The minimum absolute atomic E-state index is 0.523. The highest BCUT2D eigenvalue weighted by molar-refractivity contribution is 6.44. The third kappa shape index (κ3) is 0.928. The Kier molecular flexibility index (Phi) is 1.40. The van der Waals surface area contributed by atoms with Crippen molar-refractivity contribution in [1.82, 2.24) is 4.57 Å². The molecule has 0 aliphatic carbocycles. The molecule has 0 saturated carbocycles. The number of nitrogens with zero attached hydrogens (tertiary/aromatic N) is 1. The van der Waals surface area contributed by atoms with Crippen molar-refractivity contribution in [3.63, 3.8) is 0 Å². The predicted octanol–water partition coefficient (Wildman–Crippen LogP) is 2.16. The van der Waals surface area contributed by atoms with E-state index in [9.17, 15) is 0 Å². The Morgan fingerprint density at radius 3 is 2.12 bits per heavy atom. The molecular weight excluding hydrogens is 122 g/mol. The molecule has 1 rings (SSSR count). The summed E-state index contributed by atoms with van der Waals surface area (Å²) in [5.41, 5.74) is 0. The van der Waals surface area contributed by atoms with Crippen molar-refractivity contribution in [2.45, 2.75) is 0 Å². The van der Waals surface area contributed by atoms with Gasteiger partial charge in [0.25, 0.3) is 0 Å². The molecule has 0 saturated heterocycles. The second-order valence-corrected chi connectivity index (χ2v) is 1.90. The summed E-state index contributed by atoms with van der Waals surface area (Å²) in [6, 6.07) is 3.79. The number of hydrogen-bond acceptors (Lipinski definition) is 0. The number of halogens is 1. The van der Waals surface area contributed by atoms with E-state index in [-0.39, 0.29) is 0 Å². The predicted molar refractivity (Wildman–Crippen MR) is 35.6 cm³/mol. The fraction of sp³-hybridized carbons (Fsp3) is 0. The Hall–Kier alpha value is -0.690. The Morgan fingerprint density at radius 1 is 1.38 bits per heavy atom. The van der Waals surface area contributed by atoms with E-state index in [0.29, 0.717) is 5.16 Å². The lowest BCUT2D eigenvalue weighted by Gasteiger charge is -1.92. The maximum absolute atomic E-state index is 5.51. The topological polar surface area (TPSA) is 4.93 Å². The maximum atomic E-state index is 5.51. The molecule has 0 aliphatic rings. The highest BCUT2D eigenvalue weighted by atomic mass is 35.5. The molecule has 8 heavy (non-hydrogen) atoms. The highest BCUT2D eigenvalue weighted by Gasteiger charge is 1.85.